The fourth-order valence-corrected chi connectivity index (χ4v) is 5.67. The number of carbonyl (C=O) groups is 1. The standard InChI is InChI=1S/C30H40O2/c1-27(2,3)20-25(31)26-29(7,24-16-12-9-13-17-24)18-23(22-14-10-8-11-15-22)19-30(26,32)21-28(4,5)6/h8-17,19,26,32H,18,20-21H2,1-7H3. The highest BCUT2D eigenvalue weighted by Crippen LogP contribution is 2.54. The van der Waals surface area contributed by atoms with E-state index in [-0.39, 0.29) is 16.6 Å². The number of hydrogen-bond donors (Lipinski definition) is 1. The molecule has 0 amide bonds. The van der Waals surface area contributed by atoms with Gasteiger partial charge in [-0.3, -0.25) is 4.79 Å². The van der Waals surface area contributed by atoms with Crippen molar-refractivity contribution in [3.8, 4) is 0 Å². The molecule has 0 radical (unpaired) electrons. The third-order valence-corrected chi connectivity index (χ3v) is 6.54. The van der Waals surface area contributed by atoms with Crippen molar-refractivity contribution in [1.82, 2.24) is 0 Å². The lowest BCUT2D eigenvalue weighted by Gasteiger charge is -2.51. The molecule has 1 N–H and O–H groups in total. The second-order valence-corrected chi connectivity index (χ2v) is 12.4. The van der Waals surface area contributed by atoms with Crippen molar-refractivity contribution < 1.29 is 9.90 Å². The van der Waals surface area contributed by atoms with Gasteiger partial charge in [-0.15, -0.1) is 0 Å². The van der Waals surface area contributed by atoms with Gasteiger partial charge in [-0.1, -0.05) is 109 Å². The molecule has 0 heterocycles. The second-order valence-electron chi connectivity index (χ2n) is 12.4. The second kappa shape index (κ2) is 8.63. The van der Waals surface area contributed by atoms with Gasteiger partial charge in [0.2, 0.25) is 0 Å². The molecule has 0 fully saturated rings. The van der Waals surface area contributed by atoms with Crippen molar-refractivity contribution in [3.05, 3.63) is 77.9 Å². The highest BCUT2D eigenvalue weighted by atomic mass is 16.3. The maximum Gasteiger partial charge on any atom is 0.140 e. The van der Waals surface area contributed by atoms with Gasteiger partial charge >= 0.3 is 0 Å². The minimum Gasteiger partial charge on any atom is -0.385 e. The summed E-state index contributed by atoms with van der Waals surface area (Å²) >= 11 is 0. The number of Topliss-reactive ketones (excluding diaryl/α,β-unsaturated/α-hetero) is 1. The average Bonchev–Trinajstić information content (AvgIpc) is 2.65. The summed E-state index contributed by atoms with van der Waals surface area (Å²) in [4.78, 5) is 14.0. The minimum absolute atomic E-state index is 0.137. The van der Waals surface area contributed by atoms with Crippen LogP contribution < -0.4 is 0 Å². The fraction of sp³-hybridized carbons (Fsp3) is 0.500. The van der Waals surface area contributed by atoms with Crippen LogP contribution in [-0.2, 0) is 10.2 Å². The highest BCUT2D eigenvalue weighted by molar-refractivity contribution is 5.87. The van der Waals surface area contributed by atoms with Crippen LogP contribution in [0.3, 0.4) is 0 Å². The van der Waals surface area contributed by atoms with E-state index in [1.807, 2.05) is 42.5 Å². The van der Waals surface area contributed by atoms with E-state index in [1.165, 1.54) is 0 Å². The Balaban J connectivity index is 2.26. The van der Waals surface area contributed by atoms with Gasteiger partial charge < -0.3 is 5.11 Å². The molecule has 1 aliphatic rings. The molecule has 0 spiro atoms. The van der Waals surface area contributed by atoms with Crippen LogP contribution in [0.5, 0.6) is 0 Å². The minimum atomic E-state index is -1.23. The van der Waals surface area contributed by atoms with Gasteiger partial charge in [0.1, 0.15) is 5.78 Å². The van der Waals surface area contributed by atoms with Gasteiger partial charge in [0.15, 0.2) is 0 Å². The Hall–Kier alpha value is -2.19. The Morgan fingerprint density at radius 2 is 1.44 bits per heavy atom. The molecule has 2 heteroatoms. The third-order valence-electron chi connectivity index (χ3n) is 6.54. The largest absolute Gasteiger partial charge is 0.385 e. The summed E-state index contributed by atoms with van der Waals surface area (Å²) in [6.45, 7) is 14.9. The average molecular weight is 433 g/mol. The molecule has 3 rings (SSSR count). The monoisotopic (exact) mass is 432 g/mol. The number of aliphatic hydroxyl groups is 1. The van der Waals surface area contributed by atoms with Crippen molar-refractivity contribution in [2.75, 3.05) is 0 Å². The number of ketones is 1. The number of allylic oxidation sites excluding steroid dienone is 1. The third kappa shape index (κ3) is 5.41. The van der Waals surface area contributed by atoms with Gasteiger partial charge in [0.05, 0.1) is 11.5 Å². The van der Waals surface area contributed by atoms with Crippen LogP contribution in [0.4, 0.5) is 0 Å². The van der Waals surface area contributed by atoms with E-state index in [1.54, 1.807) is 0 Å². The number of hydrogen-bond acceptors (Lipinski definition) is 2. The molecule has 3 atom stereocenters. The summed E-state index contributed by atoms with van der Waals surface area (Å²) in [7, 11) is 0. The van der Waals surface area contributed by atoms with Crippen molar-refractivity contribution >= 4 is 11.4 Å². The Bertz CT molecular complexity index is 959. The van der Waals surface area contributed by atoms with Crippen LogP contribution in [-0.4, -0.2) is 16.5 Å². The highest BCUT2D eigenvalue weighted by Gasteiger charge is 2.55. The van der Waals surface area contributed by atoms with Crippen LogP contribution in [0.25, 0.3) is 5.57 Å². The predicted molar refractivity (Wildman–Crippen MR) is 134 cm³/mol. The van der Waals surface area contributed by atoms with Gasteiger partial charge in [-0.2, -0.15) is 0 Å². The molecule has 0 aliphatic heterocycles. The van der Waals surface area contributed by atoms with Crippen molar-refractivity contribution in [1.29, 1.82) is 0 Å². The molecular formula is C30H40O2. The Labute approximate surface area is 194 Å². The van der Waals surface area contributed by atoms with E-state index in [9.17, 15) is 9.90 Å². The summed E-state index contributed by atoms with van der Waals surface area (Å²) in [6.07, 6.45) is 3.71. The Morgan fingerprint density at radius 3 is 1.94 bits per heavy atom. The zero-order valence-corrected chi connectivity index (χ0v) is 20.9. The lowest BCUT2D eigenvalue weighted by atomic mass is 9.53. The first-order valence-corrected chi connectivity index (χ1v) is 11.8. The molecule has 3 unspecified atom stereocenters. The molecule has 172 valence electrons. The predicted octanol–water partition coefficient (Wildman–Crippen LogP) is 7.22. The number of carbonyl (C=O) groups excluding carboxylic acids is 1. The number of benzene rings is 2. The van der Waals surface area contributed by atoms with Crippen LogP contribution in [0.15, 0.2) is 66.7 Å². The summed E-state index contributed by atoms with van der Waals surface area (Å²) in [6, 6.07) is 20.6. The van der Waals surface area contributed by atoms with E-state index in [4.69, 9.17) is 0 Å². The molecule has 32 heavy (non-hydrogen) atoms. The summed E-state index contributed by atoms with van der Waals surface area (Å²) in [5.41, 5.74) is 1.33. The van der Waals surface area contributed by atoms with E-state index in [0.717, 1.165) is 16.7 Å². The normalized spacial score (nSPS) is 26.5. The number of rotatable bonds is 5. The van der Waals surface area contributed by atoms with Crippen LogP contribution in [0.2, 0.25) is 0 Å². The molecule has 1 aliphatic carbocycles. The maximum atomic E-state index is 14.0. The van der Waals surface area contributed by atoms with Crippen molar-refractivity contribution in [2.24, 2.45) is 16.7 Å². The van der Waals surface area contributed by atoms with Gasteiger partial charge in [-0.05, 0) is 46.4 Å². The van der Waals surface area contributed by atoms with Gasteiger partial charge in [-0.25, -0.2) is 0 Å². The van der Waals surface area contributed by atoms with Crippen LogP contribution in [0.1, 0.15) is 78.9 Å². The zero-order chi connectivity index (χ0) is 23.8. The first-order chi connectivity index (χ1) is 14.7. The van der Waals surface area contributed by atoms with Crippen LogP contribution in [0, 0.1) is 16.7 Å². The van der Waals surface area contributed by atoms with Crippen LogP contribution >= 0.6 is 0 Å². The first kappa shape index (κ1) is 24.5. The topological polar surface area (TPSA) is 37.3 Å². The lowest BCUT2D eigenvalue weighted by molar-refractivity contribution is -0.138. The first-order valence-electron chi connectivity index (χ1n) is 11.8. The quantitative estimate of drug-likeness (QED) is 0.541. The lowest BCUT2D eigenvalue weighted by Crippen LogP contribution is -2.56. The molecule has 2 aromatic rings. The summed E-state index contributed by atoms with van der Waals surface area (Å²) in [5, 5.41) is 12.4. The Kier molecular flexibility index (Phi) is 6.60. The molecular weight excluding hydrogens is 392 g/mol. The van der Waals surface area contributed by atoms with Gasteiger partial charge in [0.25, 0.3) is 0 Å². The SMILES string of the molecule is CC(C)(C)CC(=O)C1C(O)(CC(C)(C)C)C=C(c2ccccc2)CC1(C)c1ccccc1. The summed E-state index contributed by atoms with van der Waals surface area (Å²) in [5.74, 6) is -0.359. The van der Waals surface area contributed by atoms with Gasteiger partial charge in [0, 0.05) is 11.8 Å². The Morgan fingerprint density at radius 1 is 0.906 bits per heavy atom. The molecule has 0 aromatic heterocycles. The molecule has 2 aromatic carbocycles. The smallest absolute Gasteiger partial charge is 0.140 e. The fourth-order valence-electron chi connectivity index (χ4n) is 5.67. The molecule has 0 bridgehead atoms. The summed E-state index contributed by atoms with van der Waals surface area (Å²) < 4.78 is 0. The molecule has 2 nitrogen and oxygen atoms in total. The molecule has 0 saturated heterocycles. The van der Waals surface area contributed by atoms with E-state index in [0.29, 0.717) is 19.3 Å². The van der Waals surface area contributed by atoms with E-state index < -0.39 is 16.9 Å². The van der Waals surface area contributed by atoms with E-state index >= 15 is 0 Å². The van der Waals surface area contributed by atoms with Crippen molar-refractivity contribution in [2.45, 2.75) is 78.7 Å². The van der Waals surface area contributed by atoms with Crippen molar-refractivity contribution in [3.63, 3.8) is 0 Å². The maximum absolute atomic E-state index is 14.0. The van der Waals surface area contributed by atoms with E-state index in [2.05, 4.69) is 72.7 Å². The zero-order valence-electron chi connectivity index (χ0n) is 20.9. The molecule has 0 saturated carbocycles.